The molecule has 1 atom stereocenters. The molecule has 0 N–H and O–H groups in total. The van der Waals surface area contributed by atoms with E-state index in [2.05, 4.69) is 0 Å². The Morgan fingerprint density at radius 1 is 1.52 bits per heavy atom. The molecular formula is C14H17ClN2O3S. The van der Waals surface area contributed by atoms with Crippen molar-refractivity contribution in [2.75, 3.05) is 19.7 Å². The van der Waals surface area contributed by atoms with Gasteiger partial charge in [-0.15, -0.1) is 0 Å². The van der Waals surface area contributed by atoms with Crippen LogP contribution in [0, 0.1) is 11.3 Å². The highest BCUT2D eigenvalue weighted by Gasteiger charge is 2.31. The van der Waals surface area contributed by atoms with Crippen LogP contribution in [0.25, 0.3) is 0 Å². The lowest BCUT2D eigenvalue weighted by molar-refractivity contribution is 0.0265. The van der Waals surface area contributed by atoms with E-state index in [4.69, 9.17) is 21.6 Å². The van der Waals surface area contributed by atoms with Gasteiger partial charge in [-0.05, 0) is 38.0 Å². The molecule has 0 radical (unpaired) electrons. The highest BCUT2D eigenvalue weighted by Crippen LogP contribution is 2.28. The highest BCUT2D eigenvalue weighted by atomic mass is 35.5. The summed E-state index contributed by atoms with van der Waals surface area (Å²) in [7, 11) is -3.66. The molecule has 1 fully saturated rings. The maximum absolute atomic E-state index is 12.7. The maximum Gasteiger partial charge on any atom is 0.244 e. The molecule has 114 valence electrons. The van der Waals surface area contributed by atoms with Gasteiger partial charge in [0.1, 0.15) is 4.90 Å². The molecule has 1 heterocycles. The van der Waals surface area contributed by atoms with Crippen molar-refractivity contribution in [3.8, 4) is 6.07 Å². The highest BCUT2D eigenvalue weighted by molar-refractivity contribution is 7.89. The first kappa shape index (κ1) is 16.2. The van der Waals surface area contributed by atoms with Gasteiger partial charge in [0.05, 0.1) is 22.8 Å². The van der Waals surface area contributed by atoms with Gasteiger partial charge in [0, 0.05) is 19.7 Å². The van der Waals surface area contributed by atoms with Gasteiger partial charge < -0.3 is 4.74 Å². The summed E-state index contributed by atoms with van der Waals surface area (Å²) in [6, 6.07) is 6.16. The van der Waals surface area contributed by atoms with Crippen molar-refractivity contribution in [2.24, 2.45) is 0 Å². The smallest absolute Gasteiger partial charge is 0.244 e. The van der Waals surface area contributed by atoms with Crippen LogP contribution in [-0.4, -0.2) is 38.5 Å². The van der Waals surface area contributed by atoms with Gasteiger partial charge >= 0.3 is 0 Å². The van der Waals surface area contributed by atoms with Crippen LogP contribution in [0.4, 0.5) is 0 Å². The molecule has 1 aromatic rings. The molecule has 2 rings (SSSR count). The normalized spacial score (nSPS) is 20.1. The third-order valence-corrected chi connectivity index (χ3v) is 5.77. The summed E-state index contributed by atoms with van der Waals surface area (Å²) in [6.07, 6.45) is 1.55. The number of hydrogen-bond acceptors (Lipinski definition) is 4. The minimum Gasteiger partial charge on any atom is -0.377 e. The molecule has 0 amide bonds. The Balaban J connectivity index is 2.27. The third-order valence-electron chi connectivity index (χ3n) is 3.42. The minimum absolute atomic E-state index is 0.0420. The molecule has 0 aromatic heterocycles. The Morgan fingerprint density at radius 3 is 2.90 bits per heavy atom. The lowest BCUT2D eigenvalue weighted by atomic mass is 10.1. The van der Waals surface area contributed by atoms with Crippen molar-refractivity contribution in [3.05, 3.63) is 28.8 Å². The molecule has 7 heteroatoms. The largest absolute Gasteiger partial charge is 0.377 e. The van der Waals surface area contributed by atoms with Crippen molar-refractivity contribution in [1.82, 2.24) is 4.31 Å². The number of ether oxygens (including phenoxy) is 1. The first-order valence-electron chi connectivity index (χ1n) is 6.80. The van der Waals surface area contributed by atoms with Gasteiger partial charge in [-0.2, -0.15) is 9.57 Å². The van der Waals surface area contributed by atoms with Gasteiger partial charge in [-0.1, -0.05) is 11.6 Å². The van der Waals surface area contributed by atoms with Gasteiger partial charge in [-0.25, -0.2) is 8.42 Å². The zero-order valence-corrected chi connectivity index (χ0v) is 13.3. The lowest BCUT2D eigenvalue weighted by Crippen LogP contribution is -2.43. The summed E-state index contributed by atoms with van der Waals surface area (Å²) in [5.74, 6) is 0. The molecule has 0 spiro atoms. The number of piperidine rings is 1. The zero-order valence-electron chi connectivity index (χ0n) is 11.8. The Morgan fingerprint density at radius 2 is 2.29 bits per heavy atom. The summed E-state index contributed by atoms with van der Waals surface area (Å²) >= 11 is 6.02. The van der Waals surface area contributed by atoms with E-state index >= 15 is 0 Å². The van der Waals surface area contributed by atoms with E-state index in [9.17, 15) is 8.42 Å². The van der Waals surface area contributed by atoms with Gasteiger partial charge in [-0.3, -0.25) is 0 Å². The minimum atomic E-state index is -3.66. The number of hydrogen-bond donors (Lipinski definition) is 0. The summed E-state index contributed by atoms with van der Waals surface area (Å²) in [5, 5.41) is 8.89. The van der Waals surface area contributed by atoms with E-state index < -0.39 is 10.0 Å². The van der Waals surface area contributed by atoms with E-state index in [0.29, 0.717) is 25.3 Å². The topological polar surface area (TPSA) is 70.4 Å². The molecule has 1 saturated heterocycles. The summed E-state index contributed by atoms with van der Waals surface area (Å²) in [6.45, 7) is 3.26. The van der Waals surface area contributed by atoms with Crippen LogP contribution in [0.1, 0.15) is 25.3 Å². The van der Waals surface area contributed by atoms with Crippen molar-refractivity contribution in [2.45, 2.75) is 30.8 Å². The van der Waals surface area contributed by atoms with Crippen molar-refractivity contribution < 1.29 is 13.2 Å². The number of nitrogens with zero attached hydrogens (tertiary/aromatic N) is 2. The molecule has 0 aliphatic carbocycles. The quantitative estimate of drug-likeness (QED) is 0.851. The van der Waals surface area contributed by atoms with Gasteiger partial charge in [0.15, 0.2) is 0 Å². The molecule has 1 aliphatic rings. The van der Waals surface area contributed by atoms with Crippen molar-refractivity contribution >= 4 is 21.6 Å². The number of halogens is 1. The van der Waals surface area contributed by atoms with E-state index in [1.165, 1.54) is 22.5 Å². The van der Waals surface area contributed by atoms with Crippen LogP contribution in [0.15, 0.2) is 23.1 Å². The monoisotopic (exact) mass is 328 g/mol. The number of rotatable bonds is 4. The predicted octanol–water partition coefficient (Wildman–Crippen LogP) is 2.40. The Hall–Kier alpha value is -1.13. The SMILES string of the molecule is CCOC1CCCN(S(=O)(=O)c2ccc(C#N)cc2Cl)C1. The molecule has 1 aliphatic heterocycles. The lowest BCUT2D eigenvalue weighted by Gasteiger charge is -2.31. The second kappa shape index (κ2) is 6.75. The summed E-state index contributed by atoms with van der Waals surface area (Å²) < 4.78 is 32.3. The summed E-state index contributed by atoms with van der Waals surface area (Å²) in [5.41, 5.74) is 0.338. The van der Waals surface area contributed by atoms with Gasteiger partial charge in [0.25, 0.3) is 0 Å². The van der Waals surface area contributed by atoms with Crippen LogP contribution in [0.5, 0.6) is 0 Å². The van der Waals surface area contributed by atoms with Crippen molar-refractivity contribution in [1.29, 1.82) is 5.26 Å². The average molecular weight is 329 g/mol. The standard InChI is InChI=1S/C14H17ClN2O3S/c1-2-20-12-4-3-7-17(10-12)21(18,19)14-6-5-11(9-16)8-13(14)15/h5-6,8,12H,2-4,7,10H2,1H3. The first-order valence-corrected chi connectivity index (χ1v) is 8.62. The molecular weight excluding hydrogens is 312 g/mol. The van der Waals surface area contributed by atoms with Crippen LogP contribution in [0.2, 0.25) is 5.02 Å². The molecule has 5 nitrogen and oxygen atoms in total. The van der Waals surface area contributed by atoms with Gasteiger partial charge in [0.2, 0.25) is 10.0 Å². The Kier molecular flexibility index (Phi) is 5.22. The second-order valence-electron chi connectivity index (χ2n) is 4.84. The van der Waals surface area contributed by atoms with E-state index in [0.717, 1.165) is 12.8 Å². The number of nitriles is 1. The maximum atomic E-state index is 12.7. The second-order valence-corrected chi connectivity index (χ2v) is 7.15. The molecule has 1 unspecified atom stereocenters. The Bertz CT molecular complexity index is 653. The predicted molar refractivity (Wildman–Crippen MR) is 79.6 cm³/mol. The average Bonchev–Trinajstić information content (AvgIpc) is 2.47. The van der Waals surface area contributed by atoms with E-state index in [-0.39, 0.29) is 16.0 Å². The first-order chi connectivity index (χ1) is 9.98. The van der Waals surface area contributed by atoms with E-state index in [1.807, 2.05) is 13.0 Å². The summed E-state index contributed by atoms with van der Waals surface area (Å²) in [4.78, 5) is 0.0420. The van der Waals surface area contributed by atoms with Crippen LogP contribution < -0.4 is 0 Å². The molecule has 0 bridgehead atoms. The van der Waals surface area contributed by atoms with E-state index in [1.54, 1.807) is 0 Å². The van der Waals surface area contributed by atoms with Crippen LogP contribution in [-0.2, 0) is 14.8 Å². The molecule has 1 aromatic carbocycles. The molecule has 21 heavy (non-hydrogen) atoms. The molecule has 0 saturated carbocycles. The number of sulfonamides is 1. The fourth-order valence-corrected chi connectivity index (χ4v) is 4.44. The van der Waals surface area contributed by atoms with Crippen LogP contribution in [0.3, 0.4) is 0 Å². The Labute approximate surface area is 130 Å². The third kappa shape index (κ3) is 3.55. The van der Waals surface area contributed by atoms with Crippen molar-refractivity contribution in [3.63, 3.8) is 0 Å². The fourth-order valence-electron chi connectivity index (χ4n) is 2.41. The fraction of sp³-hybridized carbons (Fsp3) is 0.500. The van der Waals surface area contributed by atoms with Crippen LogP contribution >= 0.6 is 11.6 Å². The number of benzene rings is 1. The zero-order chi connectivity index (χ0) is 15.5.